The lowest BCUT2D eigenvalue weighted by Crippen LogP contribution is -2.35. The zero-order chi connectivity index (χ0) is 20.7. The summed E-state index contributed by atoms with van der Waals surface area (Å²) in [6, 6.07) is 14.5. The van der Waals surface area contributed by atoms with Crippen LogP contribution in [-0.2, 0) is 21.4 Å². The van der Waals surface area contributed by atoms with Gasteiger partial charge in [0.15, 0.2) is 6.61 Å². The first-order chi connectivity index (χ1) is 13.2. The predicted molar refractivity (Wildman–Crippen MR) is 112 cm³/mol. The maximum absolute atomic E-state index is 12.3. The smallest absolute Gasteiger partial charge is 0.258 e. The summed E-state index contributed by atoms with van der Waals surface area (Å²) in [7, 11) is -3.45. The van der Waals surface area contributed by atoms with E-state index in [1.165, 1.54) is 10.6 Å². The van der Waals surface area contributed by atoms with Gasteiger partial charge in [0.1, 0.15) is 5.75 Å². The lowest BCUT2D eigenvalue weighted by molar-refractivity contribution is -0.123. The normalized spacial score (nSPS) is 12.3. The largest absolute Gasteiger partial charge is 0.484 e. The van der Waals surface area contributed by atoms with Gasteiger partial charge in [0, 0.05) is 6.04 Å². The highest BCUT2D eigenvalue weighted by molar-refractivity contribution is 7.92. The molecule has 0 aliphatic carbocycles. The van der Waals surface area contributed by atoms with Gasteiger partial charge in [-0.25, -0.2) is 8.42 Å². The number of carbonyl (C=O) groups is 1. The van der Waals surface area contributed by atoms with E-state index in [1.54, 1.807) is 24.3 Å². The number of carbonyl (C=O) groups excluding carboxylic acids is 1. The van der Waals surface area contributed by atoms with Gasteiger partial charge in [0.2, 0.25) is 10.0 Å². The quantitative estimate of drug-likeness (QED) is 0.696. The van der Waals surface area contributed by atoms with E-state index in [2.05, 4.69) is 5.32 Å². The predicted octanol–water partition coefficient (Wildman–Crippen LogP) is 3.25. The Kier molecular flexibility index (Phi) is 7.45. The van der Waals surface area contributed by atoms with Crippen molar-refractivity contribution in [1.82, 2.24) is 5.32 Å². The maximum Gasteiger partial charge on any atom is 0.258 e. The summed E-state index contributed by atoms with van der Waals surface area (Å²) < 4.78 is 31.4. The minimum atomic E-state index is -3.45. The van der Waals surface area contributed by atoms with Gasteiger partial charge in [-0.2, -0.15) is 0 Å². The topological polar surface area (TPSA) is 75.7 Å². The van der Waals surface area contributed by atoms with Crippen LogP contribution >= 0.6 is 0 Å². The molecule has 0 aromatic heterocycles. The third-order valence-electron chi connectivity index (χ3n) is 4.36. The van der Waals surface area contributed by atoms with Gasteiger partial charge < -0.3 is 10.1 Å². The molecule has 0 saturated heterocycles. The number of hydrogen-bond acceptors (Lipinski definition) is 4. The van der Waals surface area contributed by atoms with Crippen LogP contribution in [0.4, 0.5) is 5.69 Å². The number of anilines is 1. The molecule has 0 fully saturated rings. The lowest BCUT2D eigenvalue weighted by Gasteiger charge is -2.23. The molecule has 28 heavy (non-hydrogen) atoms. The zero-order valence-corrected chi connectivity index (χ0v) is 17.6. The van der Waals surface area contributed by atoms with Gasteiger partial charge in [0.05, 0.1) is 18.5 Å². The van der Waals surface area contributed by atoms with E-state index in [0.717, 1.165) is 17.5 Å². The molecule has 152 valence electrons. The first-order valence-corrected chi connectivity index (χ1v) is 11.1. The third-order valence-corrected chi connectivity index (χ3v) is 5.50. The fourth-order valence-corrected chi connectivity index (χ4v) is 3.42. The van der Waals surface area contributed by atoms with Gasteiger partial charge in [-0.05, 0) is 50.1 Å². The SMILES string of the molecule is CC[C@H](C)NC(=O)COc1ccc(N(Cc2ccc(C)cc2)S(C)(=O)=O)cc1. The van der Waals surface area contributed by atoms with E-state index in [4.69, 9.17) is 4.74 Å². The Morgan fingerprint density at radius 3 is 2.25 bits per heavy atom. The molecule has 0 aliphatic heterocycles. The Balaban J connectivity index is 2.07. The molecule has 0 bridgehead atoms. The first-order valence-electron chi connectivity index (χ1n) is 9.24. The fourth-order valence-electron chi connectivity index (χ4n) is 2.54. The van der Waals surface area contributed by atoms with Crippen LogP contribution in [0.2, 0.25) is 0 Å². The Hall–Kier alpha value is -2.54. The van der Waals surface area contributed by atoms with E-state index in [-0.39, 0.29) is 25.1 Å². The second kappa shape index (κ2) is 9.59. The summed E-state index contributed by atoms with van der Waals surface area (Å²) in [5.41, 5.74) is 2.56. The summed E-state index contributed by atoms with van der Waals surface area (Å²) in [6.07, 6.45) is 2.04. The number of sulfonamides is 1. The van der Waals surface area contributed by atoms with Crippen molar-refractivity contribution in [2.45, 2.75) is 39.8 Å². The molecule has 0 saturated carbocycles. The van der Waals surface area contributed by atoms with Crippen molar-refractivity contribution in [2.24, 2.45) is 0 Å². The molecule has 0 radical (unpaired) electrons. The van der Waals surface area contributed by atoms with Crippen LogP contribution in [0.15, 0.2) is 48.5 Å². The molecular formula is C21H28N2O4S. The average Bonchev–Trinajstić information content (AvgIpc) is 2.65. The Bertz CT molecular complexity index is 878. The number of nitrogens with one attached hydrogen (secondary N) is 1. The van der Waals surface area contributed by atoms with Crippen LogP contribution in [0.25, 0.3) is 0 Å². The molecule has 0 unspecified atom stereocenters. The van der Waals surface area contributed by atoms with Gasteiger partial charge in [-0.15, -0.1) is 0 Å². The van der Waals surface area contributed by atoms with Crippen LogP contribution < -0.4 is 14.4 Å². The fraction of sp³-hybridized carbons (Fsp3) is 0.381. The number of benzene rings is 2. The van der Waals surface area contributed by atoms with Crippen molar-refractivity contribution >= 4 is 21.6 Å². The van der Waals surface area contributed by atoms with Crippen molar-refractivity contribution < 1.29 is 17.9 Å². The summed E-state index contributed by atoms with van der Waals surface area (Å²) in [5.74, 6) is 0.322. The molecule has 0 aliphatic rings. The summed E-state index contributed by atoms with van der Waals surface area (Å²) in [4.78, 5) is 11.8. The number of nitrogens with zero attached hydrogens (tertiary/aromatic N) is 1. The molecule has 0 heterocycles. The van der Waals surface area contributed by atoms with Gasteiger partial charge in [-0.1, -0.05) is 36.8 Å². The second-order valence-corrected chi connectivity index (χ2v) is 8.82. The van der Waals surface area contributed by atoms with Gasteiger partial charge in [-0.3, -0.25) is 9.10 Å². The lowest BCUT2D eigenvalue weighted by atomic mass is 10.1. The van der Waals surface area contributed by atoms with Crippen LogP contribution in [-0.4, -0.2) is 33.2 Å². The summed E-state index contributed by atoms with van der Waals surface area (Å²) in [6.45, 7) is 6.08. The standard InChI is InChI=1S/C21H28N2O4S/c1-5-17(3)22-21(24)15-27-20-12-10-19(11-13-20)23(28(4,25)26)14-18-8-6-16(2)7-9-18/h6-13,17H,5,14-15H2,1-4H3,(H,22,24)/t17-/m0/s1. The van der Waals surface area contributed by atoms with E-state index in [1.807, 2.05) is 45.0 Å². The van der Waals surface area contributed by atoms with Gasteiger partial charge >= 0.3 is 0 Å². The van der Waals surface area contributed by atoms with Crippen LogP contribution in [0.5, 0.6) is 5.75 Å². The van der Waals surface area contributed by atoms with E-state index >= 15 is 0 Å². The number of aryl methyl sites for hydroxylation is 1. The van der Waals surface area contributed by atoms with E-state index in [0.29, 0.717) is 11.4 Å². The number of amides is 1. The highest BCUT2D eigenvalue weighted by Gasteiger charge is 2.18. The highest BCUT2D eigenvalue weighted by atomic mass is 32.2. The molecule has 1 N–H and O–H groups in total. The third kappa shape index (κ3) is 6.56. The second-order valence-electron chi connectivity index (χ2n) is 6.91. The average molecular weight is 405 g/mol. The molecule has 2 aromatic rings. The van der Waals surface area contributed by atoms with Crippen LogP contribution in [0.1, 0.15) is 31.4 Å². The first kappa shape index (κ1) is 21.8. The monoisotopic (exact) mass is 404 g/mol. The van der Waals surface area contributed by atoms with Crippen LogP contribution in [0.3, 0.4) is 0 Å². The molecule has 0 spiro atoms. The zero-order valence-electron chi connectivity index (χ0n) is 16.8. The molecule has 2 rings (SSSR count). The molecule has 7 heteroatoms. The van der Waals surface area contributed by atoms with Crippen molar-refractivity contribution in [3.8, 4) is 5.75 Å². The number of hydrogen-bond donors (Lipinski definition) is 1. The highest BCUT2D eigenvalue weighted by Crippen LogP contribution is 2.24. The van der Waals surface area contributed by atoms with Crippen molar-refractivity contribution in [1.29, 1.82) is 0 Å². The Labute approximate surface area is 167 Å². The Morgan fingerprint density at radius 2 is 1.71 bits per heavy atom. The molecule has 6 nitrogen and oxygen atoms in total. The number of ether oxygens (including phenoxy) is 1. The molecular weight excluding hydrogens is 376 g/mol. The molecule has 2 aromatic carbocycles. The summed E-state index contributed by atoms with van der Waals surface area (Å²) in [5, 5.41) is 2.83. The van der Waals surface area contributed by atoms with E-state index < -0.39 is 10.0 Å². The Morgan fingerprint density at radius 1 is 1.11 bits per heavy atom. The minimum absolute atomic E-state index is 0.0805. The van der Waals surface area contributed by atoms with Crippen molar-refractivity contribution in [3.05, 3.63) is 59.7 Å². The van der Waals surface area contributed by atoms with E-state index in [9.17, 15) is 13.2 Å². The summed E-state index contributed by atoms with van der Waals surface area (Å²) >= 11 is 0. The maximum atomic E-state index is 12.3. The number of rotatable bonds is 9. The van der Waals surface area contributed by atoms with Crippen molar-refractivity contribution in [2.75, 3.05) is 17.2 Å². The minimum Gasteiger partial charge on any atom is -0.484 e. The molecule has 1 atom stereocenters. The van der Waals surface area contributed by atoms with Crippen molar-refractivity contribution in [3.63, 3.8) is 0 Å². The van der Waals surface area contributed by atoms with Gasteiger partial charge in [0.25, 0.3) is 5.91 Å². The van der Waals surface area contributed by atoms with Crippen LogP contribution in [0, 0.1) is 6.92 Å². The molecule has 1 amide bonds.